The van der Waals surface area contributed by atoms with E-state index in [0.29, 0.717) is 5.78 Å². The molecular weight excluding hydrogens is 392 g/mol. The van der Waals surface area contributed by atoms with Crippen LogP contribution in [0.5, 0.6) is 0 Å². The first-order chi connectivity index (χ1) is 13.4. The van der Waals surface area contributed by atoms with E-state index in [2.05, 4.69) is 60.7 Å². The molecule has 5 atom stereocenters. The number of rotatable bonds is 11. The number of ether oxygens (including phenoxy) is 1. The second-order valence-corrected chi connectivity index (χ2v) is 16.5. The maximum absolute atomic E-state index is 12.5. The van der Waals surface area contributed by atoms with Gasteiger partial charge in [0.2, 0.25) is 0 Å². The van der Waals surface area contributed by atoms with Crippen molar-refractivity contribution in [1.29, 1.82) is 0 Å². The molecule has 0 spiro atoms. The molecule has 0 saturated carbocycles. The number of Topliss-reactive ketones (excluding diaryl/α,β-unsaturated/α-hetero) is 1. The van der Waals surface area contributed by atoms with Crippen LogP contribution in [0.3, 0.4) is 0 Å². The van der Waals surface area contributed by atoms with Crippen LogP contribution < -0.4 is 0 Å². The van der Waals surface area contributed by atoms with Crippen LogP contribution in [0.25, 0.3) is 0 Å². The topological polar surface area (TPSA) is 55.8 Å². The number of ketones is 1. The van der Waals surface area contributed by atoms with Crippen LogP contribution in [-0.2, 0) is 14.0 Å². The minimum Gasteiger partial charge on any atom is -0.411 e. The quantitative estimate of drug-likeness (QED) is 0.304. The molecule has 0 aliphatic carbocycles. The van der Waals surface area contributed by atoms with Crippen LogP contribution in [-0.4, -0.2) is 45.1 Å². The molecule has 0 radical (unpaired) electrons. The smallest absolute Gasteiger partial charge is 0.192 e. The minimum atomic E-state index is -2.00. The van der Waals surface area contributed by atoms with Gasteiger partial charge in [0, 0.05) is 24.4 Å². The normalized spacial score (nSPS) is 19.2. The highest BCUT2D eigenvalue weighted by atomic mass is 28.4. The molecule has 178 valence electrons. The summed E-state index contributed by atoms with van der Waals surface area (Å²) in [5.41, 5.74) is 0.821. The first kappa shape index (κ1) is 29.5. The highest BCUT2D eigenvalue weighted by Crippen LogP contribution is 2.38. The number of hydrogen-bond donors (Lipinski definition) is 1. The number of carbonyl (C=O) groups excluding carboxylic acids is 1. The summed E-state index contributed by atoms with van der Waals surface area (Å²) in [5, 5.41) is 10.2. The van der Waals surface area contributed by atoms with Gasteiger partial charge in [0.25, 0.3) is 0 Å². The first-order valence-corrected chi connectivity index (χ1v) is 14.3. The van der Waals surface area contributed by atoms with Crippen molar-refractivity contribution in [1.82, 2.24) is 0 Å². The van der Waals surface area contributed by atoms with Crippen molar-refractivity contribution >= 4 is 14.1 Å². The molecule has 0 aliphatic rings. The van der Waals surface area contributed by atoms with Crippen LogP contribution in [0.15, 0.2) is 11.6 Å². The third-order valence-corrected chi connectivity index (χ3v) is 11.2. The fourth-order valence-corrected chi connectivity index (χ4v) is 5.29. The molecule has 0 aromatic carbocycles. The van der Waals surface area contributed by atoms with Gasteiger partial charge < -0.3 is 14.3 Å². The van der Waals surface area contributed by atoms with Crippen LogP contribution in [0, 0.1) is 23.2 Å². The molecule has 0 heterocycles. The molecule has 0 saturated heterocycles. The molecule has 0 aliphatic heterocycles. The van der Waals surface area contributed by atoms with Gasteiger partial charge in [0.1, 0.15) is 5.78 Å². The molecule has 0 amide bonds. The van der Waals surface area contributed by atoms with Gasteiger partial charge in [-0.05, 0) is 43.0 Å². The average molecular weight is 443 g/mol. The molecule has 0 aromatic rings. The Hall–Kier alpha value is -0.493. The Kier molecular flexibility index (Phi) is 11.2. The Bertz CT molecular complexity index is 569. The number of carbonyl (C=O) groups is 1. The molecule has 1 N–H and O–H groups in total. The van der Waals surface area contributed by atoms with Gasteiger partial charge >= 0.3 is 0 Å². The summed E-state index contributed by atoms with van der Waals surface area (Å²) in [6.07, 6.45) is 2.64. The molecule has 5 heteroatoms. The second kappa shape index (κ2) is 11.4. The Morgan fingerprint density at radius 1 is 1.07 bits per heavy atom. The van der Waals surface area contributed by atoms with Crippen molar-refractivity contribution in [2.45, 2.75) is 106 Å². The van der Waals surface area contributed by atoms with Crippen molar-refractivity contribution in [2.75, 3.05) is 13.7 Å². The van der Waals surface area contributed by atoms with E-state index < -0.39 is 8.32 Å². The highest BCUT2D eigenvalue weighted by Gasteiger charge is 2.41. The molecule has 0 fully saturated rings. The predicted molar refractivity (Wildman–Crippen MR) is 130 cm³/mol. The summed E-state index contributed by atoms with van der Waals surface area (Å²) in [6, 6.07) is 0. The van der Waals surface area contributed by atoms with E-state index in [0.717, 1.165) is 12.0 Å². The number of aliphatic hydroxyl groups is 1. The highest BCUT2D eigenvalue weighted by molar-refractivity contribution is 6.74. The fraction of sp³-hybridized carbons (Fsp3) is 0.880. The Labute approximate surface area is 187 Å². The zero-order chi connectivity index (χ0) is 24.1. The Morgan fingerprint density at radius 3 is 1.93 bits per heavy atom. The summed E-state index contributed by atoms with van der Waals surface area (Å²) in [5.74, 6) is 0.617. The molecule has 30 heavy (non-hydrogen) atoms. The summed E-state index contributed by atoms with van der Waals surface area (Å²) >= 11 is 0. The van der Waals surface area contributed by atoms with Crippen molar-refractivity contribution in [2.24, 2.45) is 23.2 Å². The van der Waals surface area contributed by atoms with Gasteiger partial charge in [-0.2, -0.15) is 0 Å². The summed E-state index contributed by atoms with van der Waals surface area (Å²) in [4.78, 5) is 12.5. The maximum Gasteiger partial charge on any atom is 0.192 e. The van der Waals surface area contributed by atoms with Crippen molar-refractivity contribution in [3.8, 4) is 0 Å². The molecule has 0 bridgehead atoms. The van der Waals surface area contributed by atoms with Crippen molar-refractivity contribution < 1.29 is 19.1 Å². The molecule has 0 rings (SSSR count). The van der Waals surface area contributed by atoms with E-state index in [9.17, 15) is 9.90 Å². The average Bonchev–Trinajstić information content (AvgIpc) is 2.57. The first-order valence-electron chi connectivity index (χ1n) is 11.4. The summed E-state index contributed by atoms with van der Waals surface area (Å²) in [6.45, 7) is 25.3. The van der Waals surface area contributed by atoms with Crippen LogP contribution in [0.4, 0.5) is 0 Å². The second-order valence-electron chi connectivity index (χ2n) is 11.8. The van der Waals surface area contributed by atoms with Gasteiger partial charge in [-0.1, -0.05) is 68.4 Å². The third kappa shape index (κ3) is 8.56. The van der Waals surface area contributed by atoms with Gasteiger partial charge in [-0.15, -0.1) is 0 Å². The lowest BCUT2D eigenvalue weighted by atomic mass is 9.80. The Morgan fingerprint density at radius 2 is 1.57 bits per heavy atom. The fourth-order valence-electron chi connectivity index (χ4n) is 3.89. The molecule has 0 aromatic heterocycles. The summed E-state index contributed by atoms with van der Waals surface area (Å²) < 4.78 is 12.4. The van der Waals surface area contributed by atoms with Gasteiger partial charge in [0.15, 0.2) is 8.32 Å². The van der Waals surface area contributed by atoms with Crippen molar-refractivity contribution in [3.05, 3.63) is 11.6 Å². The Balaban J connectivity index is 5.38. The van der Waals surface area contributed by atoms with E-state index in [1.54, 1.807) is 7.11 Å². The van der Waals surface area contributed by atoms with E-state index in [1.807, 2.05) is 27.7 Å². The van der Waals surface area contributed by atoms with Gasteiger partial charge in [-0.3, -0.25) is 4.79 Å². The lowest BCUT2D eigenvalue weighted by Crippen LogP contribution is -2.48. The SMILES string of the molecule is CO[C@H](/C(C)=C/[C@H](C)C[C@H](C)C(=O)C(C)(C)C)[C@@H](C)[C@@H](CO)O[Si](C)(C)C(C)(C)C. The molecule has 4 nitrogen and oxygen atoms in total. The third-order valence-electron chi connectivity index (χ3n) is 6.66. The van der Waals surface area contributed by atoms with E-state index in [4.69, 9.17) is 9.16 Å². The lowest BCUT2D eigenvalue weighted by molar-refractivity contribution is -0.130. The van der Waals surface area contributed by atoms with E-state index in [1.165, 1.54) is 0 Å². The summed E-state index contributed by atoms with van der Waals surface area (Å²) in [7, 11) is -0.284. The minimum absolute atomic E-state index is 0.0196. The van der Waals surface area contributed by atoms with Gasteiger partial charge in [0.05, 0.1) is 18.8 Å². The zero-order valence-corrected chi connectivity index (χ0v) is 23.1. The van der Waals surface area contributed by atoms with Crippen LogP contribution in [0.2, 0.25) is 18.1 Å². The number of allylic oxidation sites excluding steroid dienone is 1. The van der Waals surface area contributed by atoms with Crippen molar-refractivity contribution in [3.63, 3.8) is 0 Å². The molecule has 0 unspecified atom stereocenters. The standard InChI is InChI=1S/C25H50O4Si/c1-17(15-19(3)23(27)24(5,6)7)14-18(2)22(28-11)20(4)21(16-26)29-30(12,13)25(8,9)10/h14,17,19-22,26H,15-16H2,1-13H3/b18-14+/t17-,19-,20-,21+,22+/m0/s1. The lowest BCUT2D eigenvalue weighted by Gasteiger charge is -2.41. The zero-order valence-electron chi connectivity index (χ0n) is 22.1. The van der Waals surface area contributed by atoms with Crippen LogP contribution in [0.1, 0.15) is 75.7 Å². The number of aliphatic hydroxyl groups excluding tert-OH is 1. The van der Waals surface area contributed by atoms with E-state index in [-0.39, 0.29) is 47.0 Å². The largest absolute Gasteiger partial charge is 0.411 e. The monoisotopic (exact) mass is 442 g/mol. The number of methoxy groups -OCH3 is 1. The predicted octanol–water partition coefficient (Wildman–Crippen LogP) is 6.24. The molecular formula is C25H50O4Si. The van der Waals surface area contributed by atoms with Gasteiger partial charge in [-0.25, -0.2) is 0 Å². The van der Waals surface area contributed by atoms with Crippen LogP contribution >= 0.6 is 0 Å². The van der Waals surface area contributed by atoms with E-state index >= 15 is 0 Å². The maximum atomic E-state index is 12.5. The number of hydrogen-bond acceptors (Lipinski definition) is 4.